The summed E-state index contributed by atoms with van der Waals surface area (Å²) in [7, 11) is 1.90. The molecule has 0 bridgehead atoms. The van der Waals surface area contributed by atoms with E-state index in [9.17, 15) is 13.2 Å². The van der Waals surface area contributed by atoms with Crippen molar-refractivity contribution in [2.75, 3.05) is 5.32 Å². The molecule has 1 aromatic carbocycles. The Morgan fingerprint density at radius 1 is 1.16 bits per heavy atom. The van der Waals surface area contributed by atoms with E-state index in [0.29, 0.717) is 12.2 Å². The van der Waals surface area contributed by atoms with Gasteiger partial charge < -0.3 is 9.88 Å². The van der Waals surface area contributed by atoms with E-state index >= 15 is 0 Å². The van der Waals surface area contributed by atoms with Gasteiger partial charge in [-0.15, -0.1) is 0 Å². The van der Waals surface area contributed by atoms with Crippen molar-refractivity contribution in [1.82, 2.24) is 4.57 Å². The fourth-order valence-corrected chi connectivity index (χ4v) is 2.34. The molecule has 0 aliphatic heterocycles. The van der Waals surface area contributed by atoms with Gasteiger partial charge in [-0.1, -0.05) is 12.1 Å². The third-order valence-corrected chi connectivity index (χ3v) is 3.43. The number of aryl methyl sites for hydroxylation is 1. The Morgan fingerprint density at radius 2 is 1.89 bits per heavy atom. The highest BCUT2D eigenvalue weighted by atomic mass is 32.2. The summed E-state index contributed by atoms with van der Waals surface area (Å²) < 4.78 is 39.2. The van der Waals surface area contributed by atoms with Crippen molar-refractivity contribution < 1.29 is 13.2 Å². The number of nitrogens with one attached hydrogen (secondary N) is 1. The molecule has 6 heteroatoms. The van der Waals surface area contributed by atoms with Crippen molar-refractivity contribution in [2.45, 2.75) is 16.9 Å². The number of rotatable bonds is 4. The molecule has 102 valence electrons. The molecule has 1 heterocycles. The van der Waals surface area contributed by atoms with Crippen molar-refractivity contribution in [3.63, 3.8) is 0 Å². The number of hydrogen-bond donors (Lipinski definition) is 1. The van der Waals surface area contributed by atoms with Crippen molar-refractivity contribution in [1.29, 1.82) is 0 Å². The largest absolute Gasteiger partial charge is 0.446 e. The molecule has 2 nitrogen and oxygen atoms in total. The number of nitrogens with zero attached hydrogens (tertiary/aromatic N) is 1. The van der Waals surface area contributed by atoms with E-state index in [4.69, 9.17) is 0 Å². The average Bonchev–Trinajstić information content (AvgIpc) is 2.72. The first-order valence-electron chi connectivity index (χ1n) is 5.64. The first-order valence-corrected chi connectivity index (χ1v) is 6.46. The van der Waals surface area contributed by atoms with Gasteiger partial charge in [0.25, 0.3) is 0 Å². The lowest BCUT2D eigenvalue weighted by Crippen LogP contribution is -2.06. The Hall–Kier alpha value is -1.56. The molecule has 0 aliphatic rings. The smallest absolute Gasteiger partial charge is 0.379 e. The monoisotopic (exact) mass is 286 g/mol. The van der Waals surface area contributed by atoms with Crippen molar-refractivity contribution in [3.8, 4) is 0 Å². The second-order valence-corrected chi connectivity index (χ2v) is 5.11. The lowest BCUT2D eigenvalue weighted by Gasteiger charge is -2.13. The quantitative estimate of drug-likeness (QED) is 0.846. The van der Waals surface area contributed by atoms with Gasteiger partial charge in [0.1, 0.15) is 0 Å². The number of alkyl halides is 3. The Morgan fingerprint density at radius 3 is 2.53 bits per heavy atom. The molecule has 0 unspecified atom stereocenters. The van der Waals surface area contributed by atoms with E-state index in [2.05, 4.69) is 5.32 Å². The molecular formula is C13H13F3N2S. The summed E-state index contributed by atoms with van der Waals surface area (Å²) in [5, 5.41) is 3.04. The molecule has 0 atom stereocenters. The van der Waals surface area contributed by atoms with Crippen LogP contribution in [0.5, 0.6) is 0 Å². The normalized spacial score (nSPS) is 11.6. The van der Waals surface area contributed by atoms with Crippen molar-refractivity contribution in [3.05, 3.63) is 48.3 Å². The van der Waals surface area contributed by atoms with Crippen molar-refractivity contribution in [2.24, 2.45) is 7.05 Å². The first-order chi connectivity index (χ1) is 8.96. The van der Waals surface area contributed by atoms with E-state index in [1.807, 2.05) is 29.9 Å². The van der Waals surface area contributed by atoms with E-state index < -0.39 is 5.51 Å². The molecular weight excluding hydrogens is 273 g/mol. The zero-order valence-corrected chi connectivity index (χ0v) is 11.1. The standard InChI is InChI=1S/C13H13F3N2S/c1-18-8-4-5-10(18)9-17-11-6-2-3-7-12(11)19-13(14,15)16/h2-8,17H,9H2,1H3. The SMILES string of the molecule is Cn1cccc1CNc1ccccc1SC(F)(F)F. The Bertz CT molecular complexity index is 549. The third-order valence-electron chi connectivity index (χ3n) is 2.62. The molecule has 0 saturated heterocycles. The van der Waals surface area contributed by atoms with Crippen LogP contribution in [0.2, 0.25) is 0 Å². The van der Waals surface area contributed by atoms with Crippen LogP contribution in [0.15, 0.2) is 47.5 Å². The third kappa shape index (κ3) is 3.96. The topological polar surface area (TPSA) is 17.0 Å². The average molecular weight is 286 g/mol. The summed E-state index contributed by atoms with van der Waals surface area (Å²) in [5.41, 5.74) is -2.78. The molecule has 2 rings (SSSR count). The second kappa shape index (κ2) is 5.61. The number of hydrogen-bond acceptors (Lipinski definition) is 2. The van der Waals surface area contributed by atoms with E-state index in [1.54, 1.807) is 18.2 Å². The lowest BCUT2D eigenvalue weighted by atomic mass is 10.3. The molecule has 19 heavy (non-hydrogen) atoms. The van der Waals surface area contributed by atoms with E-state index in [-0.39, 0.29) is 16.7 Å². The maximum absolute atomic E-state index is 12.4. The molecule has 0 saturated carbocycles. The minimum absolute atomic E-state index is 0.101. The van der Waals surface area contributed by atoms with Gasteiger partial charge in [0.15, 0.2) is 0 Å². The zero-order valence-electron chi connectivity index (χ0n) is 10.2. The number of benzene rings is 1. The lowest BCUT2D eigenvalue weighted by molar-refractivity contribution is -0.0327. The summed E-state index contributed by atoms with van der Waals surface area (Å²) >= 11 is -0.101. The van der Waals surface area contributed by atoms with Crippen LogP contribution in [0.25, 0.3) is 0 Å². The van der Waals surface area contributed by atoms with Crippen LogP contribution in [0, 0.1) is 0 Å². The maximum atomic E-state index is 12.4. The minimum Gasteiger partial charge on any atom is -0.379 e. The number of anilines is 1. The molecule has 0 radical (unpaired) electrons. The van der Waals surface area contributed by atoms with E-state index in [0.717, 1.165) is 5.69 Å². The molecule has 0 fully saturated rings. The number of aromatic nitrogens is 1. The number of para-hydroxylation sites is 1. The van der Waals surface area contributed by atoms with Gasteiger partial charge in [-0.2, -0.15) is 13.2 Å². The zero-order chi connectivity index (χ0) is 13.9. The van der Waals surface area contributed by atoms with Crippen LogP contribution in [0.4, 0.5) is 18.9 Å². The highest BCUT2D eigenvalue weighted by Crippen LogP contribution is 2.40. The Kier molecular flexibility index (Phi) is 4.09. The van der Waals surface area contributed by atoms with Crippen LogP contribution in [0.1, 0.15) is 5.69 Å². The molecule has 1 N–H and O–H groups in total. The second-order valence-electron chi connectivity index (χ2n) is 4.01. The maximum Gasteiger partial charge on any atom is 0.446 e. The van der Waals surface area contributed by atoms with Gasteiger partial charge in [0.2, 0.25) is 0 Å². The van der Waals surface area contributed by atoms with E-state index in [1.165, 1.54) is 6.07 Å². The van der Waals surface area contributed by atoms with Crippen LogP contribution >= 0.6 is 11.8 Å². The van der Waals surface area contributed by atoms with Crippen LogP contribution in [-0.4, -0.2) is 10.1 Å². The predicted molar refractivity (Wildman–Crippen MR) is 71.1 cm³/mol. The van der Waals surface area contributed by atoms with Crippen LogP contribution < -0.4 is 5.32 Å². The van der Waals surface area contributed by atoms with Gasteiger partial charge in [0, 0.05) is 29.5 Å². The first kappa shape index (κ1) is 13.9. The highest BCUT2D eigenvalue weighted by molar-refractivity contribution is 8.00. The summed E-state index contributed by atoms with van der Waals surface area (Å²) in [6, 6.07) is 10.2. The molecule has 2 aromatic rings. The summed E-state index contributed by atoms with van der Waals surface area (Å²) in [6.45, 7) is 0.485. The number of halogens is 3. The molecule has 0 spiro atoms. The molecule has 0 aliphatic carbocycles. The highest BCUT2D eigenvalue weighted by Gasteiger charge is 2.30. The van der Waals surface area contributed by atoms with Crippen molar-refractivity contribution >= 4 is 17.4 Å². The molecule has 1 aromatic heterocycles. The van der Waals surface area contributed by atoms with Gasteiger partial charge in [-0.3, -0.25) is 0 Å². The number of thioether (sulfide) groups is 1. The summed E-state index contributed by atoms with van der Waals surface area (Å²) in [5.74, 6) is 0. The molecule has 0 amide bonds. The van der Waals surface area contributed by atoms with Crippen LogP contribution in [-0.2, 0) is 13.6 Å². The Balaban J connectivity index is 2.10. The fourth-order valence-electron chi connectivity index (χ4n) is 1.69. The fraction of sp³-hybridized carbons (Fsp3) is 0.231. The van der Waals surface area contributed by atoms with Gasteiger partial charge in [0.05, 0.1) is 6.54 Å². The summed E-state index contributed by atoms with van der Waals surface area (Å²) in [4.78, 5) is 0.184. The van der Waals surface area contributed by atoms with Crippen LogP contribution in [0.3, 0.4) is 0 Å². The van der Waals surface area contributed by atoms with Gasteiger partial charge >= 0.3 is 5.51 Å². The van der Waals surface area contributed by atoms with Gasteiger partial charge in [-0.05, 0) is 36.0 Å². The minimum atomic E-state index is -4.28. The van der Waals surface area contributed by atoms with Gasteiger partial charge in [-0.25, -0.2) is 0 Å². The predicted octanol–water partition coefficient (Wildman–Crippen LogP) is 4.25. The summed E-state index contributed by atoms with van der Waals surface area (Å²) in [6.07, 6.45) is 1.90. The Labute approximate surface area is 113 Å².